The Hall–Kier alpha value is -2.73. The van der Waals surface area contributed by atoms with Crippen molar-refractivity contribution in [2.75, 3.05) is 25.0 Å². The molecule has 0 atom stereocenters. The molecule has 0 amide bonds. The van der Waals surface area contributed by atoms with Crippen molar-refractivity contribution >= 4 is 16.6 Å². The Morgan fingerprint density at radius 1 is 1.09 bits per heavy atom. The fourth-order valence-electron chi connectivity index (χ4n) is 4.70. The van der Waals surface area contributed by atoms with Gasteiger partial charge in [0, 0.05) is 43.8 Å². The van der Waals surface area contributed by atoms with E-state index in [9.17, 15) is 0 Å². The molecule has 1 aliphatic heterocycles. The molecular formula is C26H32FN5. The van der Waals surface area contributed by atoms with E-state index in [0.29, 0.717) is 18.9 Å². The van der Waals surface area contributed by atoms with Crippen LogP contribution < -0.4 is 5.32 Å². The minimum Gasteiger partial charge on any atom is -0.341 e. The van der Waals surface area contributed by atoms with Gasteiger partial charge in [0.15, 0.2) is 5.67 Å². The van der Waals surface area contributed by atoms with Gasteiger partial charge in [-0.2, -0.15) is 0 Å². The van der Waals surface area contributed by atoms with Gasteiger partial charge in [0.25, 0.3) is 0 Å². The Bertz CT molecular complexity index is 1200. The molecule has 32 heavy (non-hydrogen) atoms. The number of fused-ring (bicyclic) bond motifs is 1. The minimum absolute atomic E-state index is 0.172. The molecule has 3 aromatic rings. The summed E-state index contributed by atoms with van der Waals surface area (Å²) in [5.74, 6) is 1.68. The van der Waals surface area contributed by atoms with Gasteiger partial charge < -0.3 is 9.88 Å². The number of alkyl halides is 1. The Balaban J connectivity index is 1.40. The first-order valence-electron chi connectivity index (χ1n) is 11.4. The van der Waals surface area contributed by atoms with Crippen molar-refractivity contribution in [2.45, 2.75) is 46.2 Å². The van der Waals surface area contributed by atoms with Crippen molar-refractivity contribution in [3.05, 3.63) is 53.8 Å². The molecule has 0 bridgehead atoms. The van der Waals surface area contributed by atoms with Gasteiger partial charge in [-0.1, -0.05) is 32.9 Å². The maximum Gasteiger partial charge on any atom is 0.175 e. The number of rotatable bonds is 5. The Morgan fingerprint density at radius 3 is 2.47 bits per heavy atom. The van der Waals surface area contributed by atoms with Crippen molar-refractivity contribution < 1.29 is 4.39 Å². The summed E-state index contributed by atoms with van der Waals surface area (Å²) in [6.07, 6.45) is 5.72. The molecule has 2 aliphatic rings. The number of allylic oxidation sites excluding steroid dienone is 1. The fourth-order valence-corrected chi connectivity index (χ4v) is 4.70. The van der Waals surface area contributed by atoms with Gasteiger partial charge in [0.2, 0.25) is 0 Å². The Labute approximate surface area is 189 Å². The summed E-state index contributed by atoms with van der Waals surface area (Å²) >= 11 is 0. The van der Waals surface area contributed by atoms with Gasteiger partial charge >= 0.3 is 0 Å². The predicted molar refractivity (Wildman–Crippen MR) is 128 cm³/mol. The molecule has 1 aliphatic carbocycles. The van der Waals surface area contributed by atoms with Crippen molar-refractivity contribution in [2.24, 2.45) is 12.5 Å². The summed E-state index contributed by atoms with van der Waals surface area (Å²) in [7, 11) is 2.03. The number of benzene rings is 1. The third-order valence-corrected chi connectivity index (χ3v) is 6.44. The lowest BCUT2D eigenvalue weighted by atomic mass is 9.87. The number of aromatic nitrogens is 3. The quantitative estimate of drug-likeness (QED) is 0.579. The smallest absolute Gasteiger partial charge is 0.175 e. The molecule has 2 fully saturated rings. The lowest BCUT2D eigenvalue weighted by molar-refractivity contribution is -0.0208. The lowest BCUT2D eigenvalue weighted by Gasteiger charge is -2.48. The first kappa shape index (κ1) is 21.1. The average Bonchev–Trinajstić information content (AvgIpc) is 3.48. The van der Waals surface area contributed by atoms with Gasteiger partial charge in [-0.25, -0.2) is 14.4 Å². The normalized spacial score (nSPS) is 18.0. The van der Waals surface area contributed by atoms with E-state index in [2.05, 4.69) is 63.7 Å². The third kappa shape index (κ3) is 4.04. The highest BCUT2D eigenvalue weighted by atomic mass is 19.1. The summed E-state index contributed by atoms with van der Waals surface area (Å²) in [6, 6.07) is 8.36. The lowest BCUT2D eigenvalue weighted by Crippen LogP contribution is -2.62. The maximum atomic E-state index is 15.8. The van der Waals surface area contributed by atoms with Crippen LogP contribution in [0.2, 0.25) is 0 Å². The monoisotopic (exact) mass is 433 g/mol. The van der Waals surface area contributed by atoms with Crippen LogP contribution in [0.4, 0.5) is 10.2 Å². The van der Waals surface area contributed by atoms with E-state index in [1.165, 1.54) is 5.57 Å². The number of imidazole rings is 1. The first-order valence-corrected chi connectivity index (χ1v) is 11.4. The van der Waals surface area contributed by atoms with Crippen LogP contribution in [-0.2, 0) is 7.05 Å². The second-order valence-electron chi connectivity index (χ2n) is 10.7. The highest BCUT2D eigenvalue weighted by Gasteiger charge is 2.49. The molecule has 1 aromatic carbocycles. The number of nitrogens with one attached hydrogen (secondary N) is 1. The molecule has 6 heteroatoms. The highest BCUT2D eigenvalue weighted by Crippen LogP contribution is 2.43. The summed E-state index contributed by atoms with van der Waals surface area (Å²) in [5.41, 5.74) is 3.00. The Kier molecular flexibility index (Phi) is 4.89. The van der Waals surface area contributed by atoms with Gasteiger partial charge in [-0.05, 0) is 48.3 Å². The van der Waals surface area contributed by atoms with E-state index in [0.717, 1.165) is 52.9 Å². The molecule has 168 valence electrons. The molecule has 0 spiro atoms. The van der Waals surface area contributed by atoms with Crippen LogP contribution >= 0.6 is 0 Å². The highest BCUT2D eigenvalue weighted by molar-refractivity contribution is 5.88. The van der Waals surface area contributed by atoms with E-state index in [4.69, 9.17) is 0 Å². The molecule has 0 unspecified atom stereocenters. The van der Waals surface area contributed by atoms with Crippen molar-refractivity contribution in [3.63, 3.8) is 0 Å². The number of hydrogen-bond acceptors (Lipinski definition) is 4. The van der Waals surface area contributed by atoms with E-state index < -0.39 is 5.67 Å². The van der Waals surface area contributed by atoms with Crippen LogP contribution in [-0.4, -0.2) is 44.7 Å². The molecule has 1 saturated heterocycles. The number of nitrogens with zero attached hydrogens (tertiary/aromatic N) is 4. The number of aryl methyl sites for hydroxylation is 1. The standard InChI is InChI=1S/C26H32FN5/c1-17-28-13-22(31(17)5)19-8-9-20-12-29-23(11-21(20)10-19)30-24(18-6-7-18)26(27)15-32(16-26)14-25(2,3)4/h8-13H,6-7,14-16H2,1-5H3,(H,29,30). The number of pyridine rings is 1. The van der Waals surface area contributed by atoms with Gasteiger partial charge in [-0.3, -0.25) is 4.90 Å². The van der Waals surface area contributed by atoms with Crippen LogP contribution in [0.5, 0.6) is 0 Å². The zero-order valence-electron chi connectivity index (χ0n) is 19.7. The van der Waals surface area contributed by atoms with E-state index in [1.807, 2.05) is 32.4 Å². The zero-order valence-corrected chi connectivity index (χ0v) is 19.7. The van der Waals surface area contributed by atoms with Crippen LogP contribution in [0.1, 0.15) is 39.4 Å². The molecule has 0 radical (unpaired) electrons. The SMILES string of the molecule is Cc1ncc(-c2ccc3cnc(NC(=C4CC4)C4(F)CN(CC(C)(C)C)C4)cc3c2)n1C. The molecule has 5 nitrogen and oxygen atoms in total. The molecule has 5 rings (SSSR count). The van der Waals surface area contributed by atoms with Gasteiger partial charge in [0.1, 0.15) is 11.6 Å². The Morgan fingerprint density at radius 2 is 1.84 bits per heavy atom. The van der Waals surface area contributed by atoms with Crippen molar-refractivity contribution in [3.8, 4) is 11.3 Å². The van der Waals surface area contributed by atoms with E-state index in [-0.39, 0.29) is 5.41 Å². The van der Waals surface area contributed by atoms with Crippen LogP contribution in [0.3, 0.4) is 0 Å². The largest absolute Gasteiger partial charge is 0.341 e. The van der Waals surface area contributed by atoms with Crippen molar-refractivity contribution in [1.82, 2.24) is 19.4 Å². The summed E-state index contributed by atoms with van der Waals surface area (Å²) in [6.45, 7) is 10.4. The summed E-state index contributed by atoms with van der Waals surface area (Å²) in [4.78, 5) is 11.2. The second-order valence-corrected chi connectivity index (χ2v) is 10.7. The van der Waals surface area contributed by atoms with E-state index >= 15 is 4.39 Å². The fraction of sp³-hybridized carbons (Fsp3) is 0.462. The molecule has 3 heterocycles. The van der Waals surface area contributed by atoms with Gasteiger partial charge in [0.05, 0.1) is 17.6 Å². The molecular weight excluding hydrogens is 401 g/mol. The summed E-state index contributed by atoms with van der Waals surface area (Å²) < 4.78 is 17.9. The first-order chi connectivity index (χ1) is 15.1. The van der Waals surface area contributed by atoms with Crippen LogP contribution in [0.25, 0.3) is 22.0 Å². The maximum absolute atomic E-state index is 15.8. The number of halogens is 1. The number of likely N-dealkylation sites (tertiary alicyclic amines) is 1. The molecule has 2 aromatic heterocycles. The number of anilines is 1. The van der Waals surface area contributed by atoms with E-state index in [1.54, 1.807) is 0 Å². The zero-order chi connectivity index (χ0) is 22.7. The predicted octanol–water partition coefficient (Wildman–Crippen LogP) is 5.47. The van der Waals surface area contributed by atoms with Crippen LogP contribution in [0.15, 0.2) is 47.9 Å². The number of hydrogen-bond donors (Lipinski definition) is 1. The van der Waals surface area contributed by atoms with Crippen molar-refractivity contribution in [1.29, 1.82) is 0 Å². The third-order valence-electron chi connectivity index (χ3n) is 6.44. The molecule has 1 N–H and O–H groups in total. The van der Waals surface area contributed by atoms with Gasteiger partial charge in [-0.15, -0.1) is 0 Å². The average molecular weight is 434 g/mol. The molecule has 1 saturated carbocycles. The van der Waals surface area contributed by atoms with Crippen LogP contribution in [0, 0.1) is 12.3 Å². The minimum atomic E-state index is -1.30. The second kappa shape index (κ2) is 7.41. The topological polar surface area (TPSA) is 46.0 Å². The summed E-state index contributed by atoms with van der Waals surface area (Å²) in [5, 5.41) is 5.53.